The second kappa shape index (κ2) is 6.17. The lowest BCUT2D eigenvalue weighted by Gasteiger charge is -2.11. The van der Waals surface area contributed by atoms with Crippen LogP contribution >= 0.6 is 15.9 Å². The van der Waals surface area contributed by atoms with Gasteiger partial charge in [-0.15, -0.1) is 0 Å². The van der Waals surface area contributed by atoms with Crippen molar-refractivity contribution in [3.8, 4) is 0 Å². The number of carbonyl (C=O) groups excluding carboxylic acids is 1. The molecule has 0 aliphatic heterocycles. The number of benzene rings is 2. The van der Waals surface area contributed by atoms with E-state index >= 15 is 0 Å². The molecule has 100 valence electrons. The van der Waals surface area contributed by atoms with Crippen LogP contribution in [-0.4, -0.2) is 25.5 Å². The number of amides is 1. The van der Waals surface area contributed by atoms with Gasteiger partial charge in [0.1, 0.15) is 0 Å². The molecule has 2 aromatic carbocycles. The summed E-state index contributed by atoms with van der Waals surface area (Å²) >= 11 is 3.44. The Morgan fingerprint density at radius 2 is 1.89 bits per heavy atom. The van der Waals surface area contributed by atoms with Gasteiger partial charge in [0, 0.05) is 22.6 Å². The van der Waals surface area contributed by atoms with E-state index in [1.165, 1.54) is 0 Å². The van der Waals surface area contributed by atoms with Crippen molar-refractivity contribution in [2.24, 2.45) is 0 Å². The van der Waals surface area contributed by atoms with Gasteiger partial charge in [-0.05, 0) is 49.0 Å². The molecule has 1 unspecified atom stereocenters. The number of halogens is 1. The molecular weight excluding hydrogens is 304 g/mol. The third-order valence-electron chi connectivity index (χ3n) is 3.13. The molecule has 19 heavy (non-hydrogen) atoms. The Labute approximate surface area is 121 Å². The van der Waals surface area contributed by atoms with Crippen molar-refractivity contribution in [3.63, 3.8) is 0 Å². The number of carbonyl (C=O) groups is 1. The van der Waals surface area contributed by atoms with Crippen molar-refractivity contribution in [1.29, 1.82) is 0 Å². The normalized spacial score (nSPS) is 12.4. The van der Waals surface area contributed by atoms with Crippen molar-refractivity contribution in [2.45, 2.75) is 13.0 Å². The van der Waals surface area contributed by atoms with Crippen LogP contribution < -0.4 is 10.6 Å². The molecule has 2 N–H and O–H groups in total. The number of hydrogen-bond acceptors (Lipinski definition) is 2. The summed E-state index contributed by atoms with van der Waals surface area (Å²) in [7, 11) is 1.88. The minimum atomic E-state index is -0.0353. The van der Waals surface area contributed by atoms with Gasteiger partial charge in [-0.25, -0.2) is 0 Å². The van der Waals surface area contributed by atoms with Crippen molar-refractivity contribution in [1.82, 2.24) is 10.6 Å². The van der Waals surface area contributed by atoms with E-state index in [1.54, 1.807) is 0 Å². The van der Waals surface area contributed by atoms with Gasteiger partial charge in [-0.3, -0.25) is 4.79 Å². The lowest BCUT2D eigenvalue weighted by Crippen LogP contribution is -2.37. The highest BCUT2D eigenvalue weighted by atomic mass is 79.9. The van der Waals surface area contributed by atoms with Gasteiger partial charge in [0.2, 0.25) is 0 Å². The Hall–Kier alpha value is -1.39. The Balaban J connectivity index is 2.16. The van der Waals surface area contributed by atoms with Crippen molar-refractivity contribution in [3.05, 3.63) is 46.4 Å². The maximum atomic E-state index is 12.0. The van der Waals surface area contributed by atoms with Crippen LogP contribution in [0.15, 0.2) is 40.9 Å². The maximum absolute atomic E-state index is 12.0. The van der Waals surface area contributed by atoms with Crippen LogP contribution in [0, 0.1) is 0 Å². The average Bonchev–Trinajstić information content (AvgIpc) is 2.43. The van der Waals surface area contributed by atoms with E-state index in [1.807, 2.05) is 50.4 Å². The molecule has 0 fully saturated rings. The summed E-state index contributed by atoms with van der Waals surface area (Å²) in [4.78, 5) is 12.0. The van der Waals surface area contributed by atoms with E-state index < -0.39 is 0 Å². The van der Waals surface area contributed by atoms with Crippen molar-refractivity contribution >= 4 is 32.6 Å². The number of nitrogens with one attached hydrogen (secondary N) is 2. The van der Waals surface area contributed by atoms with E-state index in [9.17, 15) is 4.79 Å². The topological polar surface area (TPSA) is 41.1 Å². The lowest BCUT2D eigenvalue weighted by atomic mass is 10.1. The summed E-state index contributed by atoms with van der Waals surface area (Å²) in [6, 6.07) is 12.0. The fraction of sp³-hybridized carbons (Fsp3) is 0.267. The highest BCUT2D eigenvalue weighted by Gasteiger charge is 2.07. The van der Waals surface area contributed by atoms with Gasteiger partial charge in [0.05, 0.1) is 0 Å². The standard InChI is InChI=1S/C15H17BrN2O/c1-10(17-2)9-18-15(19)13-4-3-12-8-14(16)6-5-11(12)7-13/h3-8,10,17H,9H2,1-2H3,(H,18,19). The van der Waals surface area contributed by atoms with Gasteiger partial charge in [-0.1, -0.05) is 28.1 Å². The molecule has 0 radical (unpaired) electrons. The smallest absolute Gasteiger partial charge is 0.251 e. The summed E-state index contributed by atoms with van der Waals surface area (Å²) in [5.74, 6) is -0.0353. The molecule has 4 heteroatoms. The zero-order chi connectivity index (χ0) is 13.8. The largest absolute Gasteiger partial charge is 0.350 e. The fourth-order valence-corrected chi connectivity index (χ4v) is 2.19. The Morgan fingerprint density at radius 1 is 1.21 bits per heavy atom. The Bertz CT molecular complexity index is 598. The molecule has 0 heterocycles. The van der Waals surface area contributed by atoms with Crippen LogP contribution in [0.2, 0.25) is 0 Å². The molecule has 0 aromatic heterocycles. The summed E-state index contributed by atoms with van der Waals surface area (Å²) in [6.45, 7) is 2.64. The van der Waals surface area contributed by atoms with Crippen LogP contribution in [0.25, 0.3) is 10.8 Å². The molecular formula is C15H17BrN2O. The molecule has 1 atom stereocenters. The minimum absolute atomic E-state index is 0.0353. The summed E-state index contributed by atoms with van der Waals surface area (Å²) in [5, 5.41) is 8.19. The highest BCUT2D eigenvalue weighted by Crippen LogP contribution is 2.20. The highest BCUT2D eigenvalue weighted by molar-refractivity contribution is 9.10. The third kappa shape index (κ3) is 3.55. The maximum Gasteiger partial charge on any atom is 0.251 e. The first-order chi connectivity index (χ1) is 9.10. The van der Waals surface area contributed by atoms with Gasteiger partial charge in [0.25, 0.3) is 5.91 Å². The first kappa shape index (κ1) is 14.0. The molecule has 3 nitrogen and oxygen atoms in total. The molecule has 0 spiro atoms. The van der Waals surface area contributed by atoms with Gasteiger partial charge in [-0.2, -0.15) is 0 Å². The van der Waals surface area contributed by atoms with Crippen LogP contribution in [0.4, 0.5) is 0 Å². The molecule has 2 aromatic rings. The molecule has 0 saturated heterocycles. The van der Waals surface area contributed by atoms with E-state index in [2.05, 4.69) is 26.6 Å². The van der Waals surface area contributed by atoms with Crippen molar-refractivity contribution < 1.29 is 4.79 Å². The van der Waals surface area contributed by atoms with E-state index in [-0.39, 0.29) is 11.9 Å². The van der Waals surface area contributed by atoms with Crippen LogP contribution in [-0.2, 0) is 0 Å². The second-order valence-corrected chi connectivity index (χ2v) is 5.52. The SMILES string of the molecule is CNC(C)CNC(=O)c1ccc2cc(Br)ccc2c1. The molecule has 0 aliphatic carbocycles. The van der Waals surface area contributed by atoms with E-state index in [4.69, 9.17) is 0 Å². The molecule has 0 bridgehead atoms. The average molecular weight is 321 g/mol. The molecule has 2 rings (SSSR count). The Kier molecular flexibility index (Phi) is 4.56. The van der Waals surface area contributed by atoms with E-state index in [0.29, 0.717) is 12.1 Å². The third-order valence-corrected chi connectivity index (χ3v) is 3.62. The predicted octanol–water partition coefficient (Wildman–Crippen LogP) is 2.94. The summed E-state index contributed by atoms with van der Waals surface area (Å²) in [6.07, 6.45) is 0. The summed E-state index contributed by atoms with van der Waals surface area (Å²) in [5.41, 5.74) is 0.693. The minimum Gasteiger partial charge on any atom is -0.350 e. The second-order valence-electron chi connectivity index (χ2n) is 4.61. The zero-order valence-corrected chi connectivity index (χ0v) is 12.6. The van der Waals surface area contributed by atoms with Gasteiger partial charge in [0.15, 0.2) is 0 Å². The van der Waals surface area contributed by atoms with Crippen LogP contribution in [0.1, 0.15) is 17.3 Å². The quantitative estimate of drug-likeness (QED) is 0.909. The number of likely N-dealkylation sites (N-methyl/N-ethyl adjacent to an activating group) is 1. The first-order valence-corrected chi connectivity index (χ1v) is 7.04. The van der Waals surface area contributed by atoms with E-state index in [0.717, 1.165) is 15.2 Å². The first-order valence-electron chi connectivity index (χ1n) is 6.25. The molecule has 0 aliphatic rings. The zero-order valence-electron chi connectivity index (χ0n) is 11.0. The van der Waals surface area contributed by atoms with Crippen molar-refractivity contribution in [2.75, 3.05) is 13.6 Å². The number of hydrogen-bond donors (Lipinski definition) is 2. The lowest BCUT2D eigenvalue weighted by molar-refractivity contribution is 0.0950. The molecule has 1 amide bonds. The fourth-order valence-electron chi connectivity index (χ4n) is 1.81. The van der Waals surface area contributed by atoms with Gasteiger partial charge >= 0.3 is 0 Å². The van der Waals surface area contributed by atoms with Crippen LogP contribution in [0.5, 0.6) is 0 Å². The molecule has 0 saturated carbocycles. The number of rotatable bonds is 4. The monoisotopic (exact) mass is 320 g/mol. The summed E-state index contributed by atoms with van der Waals surface area (Å²) < 4.78 is 1.04. The van der Waals surface area contributed by atoms with Crippen LogP contribution in [0.3, 0.4) is 0 Å². The van der Waals surface area contributed by atoms with Gasteiger partial charge < -0.3 is 10.6 Å². The Morgan fingerprint density at radius 3 is 2.63 bits per heavy atom. The number of fused-ring (bicyclic) bond motifs is 1. The predicted molar refractivity (Wildman–Crippen MR) is 82.5 cm³/mol.